The Balaban J connectivity index is 1.82. The highest BCUT2D eigenvalue weighted by molar-refractivity contribution is 6.25. The topological polar surface area (TPSA) is 17.1 Å². The molecule has 0 aromatic heterocycles. The van der Waals surface area contributed by atoms with Gasteiger partial charge in [0.25, 0.3) is 0 Å². The van der Waals surface area contributed by atoms with E-state index in [0.29, 0.717) is 0 Å². The molecule has 0 amide bonds. The van der Waals surface area contributed by atoms with E-state index in [1.165, 1.54) is 32.3 Å². The van der Waals surface area contributed by atoms with Gasteiger partial charge in [-0.2, -0.15) is 0 Å². The lowest BCUT2D eigenvalue weighted by Gasteiger charge is -2.12. The summed E-state index contributed by atoms with van der Waals surface area (Å²) in [6, 6.07) is 31.7. The Morgan fingerprint density at radius 1 is 0.519 bits per heavy atom. The van der Waals surface area contributed by atoms with Crippen molar-refractivity contribution < 1.29 is 4.79 Å². The van der Waals surface area contributed by atoms with Gasteiger partial charge < -0.3 is 0 Å². The third kappa shape index (κ3) is 2.51. The van der Waals surface area contributed by atoms with Gasteiger partial charge in [0.1, 0.15) is 0 Å². The first kappa shape index (κ1) is 15.8. The van der Waals surface area contributed by atoms with Crippen molar-refractivity contribution in [2.24, 2.45) is 0 Å². The van der Waals surface area contributed by atoms with Gasteiger partial charge >= 0.3 is 0 Å². The zero-order chi connectivity index (χ0) is 18.4. The van der Waals surface area contributed by atoms with Gasteiger partial charge in [-0.15, -0.1) is 0 Å². The Hall–Kier alpha value is -3.45. The van der Waals surface area contributed by atoms with Gasteiger partial charge in [0.15, 0.2) is 5.78 Å². The summed E-state index contributed by atoms with van der Waals surface area (Å²) < 4.78 is 0. The lowest BCUT2D eigenvalue weighted by atomic mass is 9.92. The average Bonchev–Trinajstić information content (AvgIpc) is 2.73. The molecule has 0 radical (unpaired) electrons. The fourth-order valence-corrected chi connectivity index (χ4v) is 3.98. The molecule has 0 heterocycles. The van der Waals surface area contributed by atoms with E-state index in [2.05, 4.69) is 66.7 Å². The minimum absolute atomic E-state index is 0.0949. The summed E-state index contributed by atoms with van der Waals surface area (Å²) in [4.78, 5) is 11.5. The first-order valence-corrected chi connectivity index (χ1v) is 9.17. The van der Waals surface area contributed by atoms with Crippen LogP contribution in [-0.2, 0) is 0 Å². The molecule has 0 aliphatic rings. The lowest BCUT2D eigenvalue weighted by molar-refractivity contribution is 0.101. The quantitative estimate of drug-likeness (QED) is 0.248. The number of benzene rings is 5. The van der Waals surface area contributed by atoms with Crippen molar-refractivity contribution >= 4 is 38.1 Å². The van der Waals surface area contributed by atoms with Crippen LogP contribution in [-0.4, -0.2) is 5.78 Å². The standard InChI is InChI=1S/C26H18O/c1-17(27)18-10-12-19(13-11-18)20-14-15-25-23-8-3-2-6-21(23)22-7-4-5-9-24(22)26(25)16-20/h2-16H,1H3. The molecule has 0 aliphatic heterocycles. The predicted molar refractivity (Wildman–Crippen MR) is 114 cm³/mol. The Morgan fingerprint density at radius 3 is 1.48 bits per heavy atom. The summed E-state index contributed by atoms with van der Waals surface area (Å²) >= 11 is 0. The average molecular weight is 346 g/mol. The van der Waals surface area contributed by atoms with Crippen LogP contribution in [0.2, 0.25) is 0 Å². The molecule has 1 heteroatoms. The molecule has 0 spiro atoms. The molecule has 0 unspecified atom stereocenters. The number of carbonyl (C=O) groups excluding carboxylic acids is 1. The van der Waals surface area contributed by atoms with Gasteiger partial charge in [0.2, 0.25) is 0 Å². The summed E-state index contributed by atoms with van der Waals surface area (Å²) in [6.45, 7) is 1.60. The summed E-state index contributed by atoms with van der Waals surface area (Å²) in [5.74, 6) is 0.0949. The normalized spacial score (nSPS) is 11.3. The van der Waals surface area contributed by atoms with Crippen LogP contribution in [0.1, 0.15) is 17.3 Å². The van der Waals surface area contributed by atoms with Gasteiger partial charge in [-0.25, -0.2) is 0 Å². The molecule has 1 nitrogen and oxygen atoms in total. The maximum Gasteiger partial charge on any atom is 0.159 e. The van der Waals surface area contributed by atoms with Gasteiger partial charge in [-0.3, -0.25) is 4.79 Å². The summed E-state index contributed by atoms with van der Waals surface area (Å²) in [7, 11) is 0. The summed E-state index contributed by atoms with van der Waals surface area (Å²) in [5, 5.41) is 7.66. The number of rotatable bonds is 2. The molecule has 0 bridgehead atoms. The van der Waals surface area contributed by atoms with E-state index in [9.17, 15) is 4.79 Å². The van der Waals surface area contributed by atoms with E-state index in [4.69, 9.17) is 0 Å². The Kier molecular flexibility index (Phi) is 3.54. The smallest absolute Gasteiger partial charge is 0.159 e. The molecule has 5 rings (SSSR count). The summed E-state index contributed by atoms with van der Waals surface area (Å²) in [6.07, 6.45) is 0. The van der Waals surface area contributed by atoms with Crippen molar-refractivity contribution in [2.75, 3.05) is 0 Å². The first-order chi connectivity index (χ1) is 13.2. The van der Waals surface area contributed by atoms with Crippen molar-refractivity contribution in [3.63, 3.8) is 0 Å². The van der Waals surface area contributed by atoms with Crippen molar-refractivity contribution in [3.05, 3.63) is 96.6 Å². The molecular weight excluding hydrogens is 328 g/mol. The number of hydrogen-bond acceptors (Lipinski definition) is 1. The molecule has 0 saturated carbocycles. The highest BCUT2D eigenvalue weighted by Crippen LogP contribution is 2.36. The van der Waals surface area contributed by atoms with Gasteiger partial charge in [0, 0.05) is 5.56 Å². The van der Waals surface area contributed by atoms with E-state index in [-0.39, 0.29) is 5.78 Å². The number of hydrogen-bond donors (Lipinski definition) is 0. The van der Waals surface area contributed by atoms with E-state index < -0.39 is 0 Å². The second-order valence-corrected chi connectivity index (χ2v) is 6.99. The number of Topliss-reactive ketones (excluding diaryl/α,β-unsaturated/α-hetero) is 1. The Labute approximate surface area is 157 Å². The molecule has 0 saturated heterocycles. The fraction of sp³-hybridized carbons (Fsp3) is 0.0385. The molecule has 5 aromatic rings. The number of carbonyl (C=O) groups is 1. The van der Waals surface area contributed by atoms with Gasteiger partial charge in [0.05, 0.1) is 0 Å². The maximum absolute atomic E-state index is 11.5. The maximum atomic E-state index is 11.5. The van der Waals surface area contributed by atoms with Crippen molar-refractivity contribution in [1.29, 1.82) is 0 Å². The minimum atomic E-state index is 0.0949. The largest absolute Gasteiger partial charge is 0.295 e. The van der Waals surface area contributed by atoms with Crippen LogP contribution in [0.5, 0.6) is 0 Å². The first-order valence-electron chi connectivity index (χ1n) is 9.17. The van der Waals surface area contributed by atoms with E-state index >= 15 is 0 Å². The van der Waals surface area contributed by atoms with Crippen molar-refractivity contribution in [2.45, 2.75) is 6.92 Å². The van der Waals surface area contributed by atoms with E-state index in [1.807, 2.05) is 24.3 Å². The van der Waals surface area contributed by atoms with Gasteiger partial charge in [-0.1, -0.05) is 84.9 Å². The van der Waals surface area contributed by atoms with Crippen LogP contribution in [0.4, 0.5) is 0 Å². The van der Waals surface area contributed by atoms with Crippen LogP contribution >= 0.6 is 0 Å². The molecule has 0 fully saturated rings. The monoisotopic (exact) mass is 346 g/mol. The Bertz CT molecular complexity index is 1290. The minimum Gasteiger partial charge on any atom is -0.295 e. The molecule has 27 heavy (non-hydrogen) atoms. The highest BCUT2D eigenvalue weighted by Gasteiger charge is 2.09. The number of fused-ring (bicyclic) bond motifs is 6. The summed E-state index contributed by atoms with van der Waals surface area (Å²) in [5.41, 5.74) is 3.04. The molecule has 5 aromatic carbocycles. The van der Waals surface area contributed by atoms with Crippen molar-refractivity contribution in [1.82, 2.24) is 0 Å². The zero-order valence-electron chi connectivity index (χ0n) is 15.1. The zero-order valence-corrected chi connectivity index (χ0v) is 15.1. The highest BCUT2D eigenvalue weighted by atomic mass is 16.1. The second-order valence-electron chi connectivity index (χ2n) is 6.99. The third-order valence-corrected chi connectivity index (χ3v) is 5.37. The molecule has 0 aliphatic carbocycles. The van der Waals surface area contributed by atoms with E-state index in [0.717, 1.165) is 16.7 Å². The third-order valence-electron chi connectivity index (χ3n) is 5.37. The lowest BCUT2D eigenvalue weighted by Crippen LogP contribution is -1.91. The predicted octanol–water partition coefficient (Wildman–Crippen LogP) is 7.02. The SMILES string of the molecule is CC(=O)c1ccc(-c2ccc3c4ccccc4c4ccccc4c3c2)cc1. The van der Waals surface area contributed by atoms with Crippen LogP contribution < -0.4 is 0 Å². The fourth-order valence-electron chi connectivity index (χ4n) is 3.98. The van der Waals surface area contributed by atoms with Crippen molar-refractivity contribution in [3.8, 4) is 11.1 Å². The number of ketones is 1. The van der Waals surface area contributed by atoms with Crippen LogP contribution in [0.3, 0.4) is 0 Å². The van der Waals surface area contributed by atoms with Gasteiger partial charge in [-0.05, 0) is 56.4 Å². The van der Waals surface area contributed by atoms with Crippen LogP contribution in [0.25, 0.3) is 43.4 Å². The second kappa shape index (κ2) is 6.07. The molecular formula is C26H18O. The van der Waals surface area contributed by atoms with E-state index in [1.54, 1.807) is 6.92 Å². The molecule has 0 atom stereocenters. The van der Waals surface area contributed by atoms with Crippen LogP contribution in [0, 0.1) is 0 Å². The van der Waals surface area contributed by atoms with Crippen LogP contribution in [0.15, 0.2) is 91.0 Å². The Morgan fingerprint density at radius 2 is 0.963 bits per heavy atom. The molecule has 128 valence electrons. The molecule has 0 N–H and O–H groups in total.